The van der Waals surface area contributed by atoms with Crippen LogP contribution in [0.1, 0.15) is 0 Å². The molecule has 0 N–H and O–H groups in total. The second-order valence-corrected chi connectivity index (χ2v) is 1.66. The van der Waals surface area contributed by atoms with Crippen LogP contribution in [0.3, 0.4) is 0 Å². The molecular weight excluding hydrogens is 104 g/mol. The summed E-state index contributed by atoms with van der Waals surface area (Å²) >= 11 is 0. The molecule has 1 aromatic rings. The van der Waals surface area contributed by atoms with Crippen LogP contribution in [0.4, 0.5) is 6.01 Å². The second kappa shape index (κ2) is 1.86. The SMILES string of the molecule is CN(C)c1nc[c]o1. The minimum absolute atomic E-state index is 0.588. The molecule has 43 valence electrons. The standard InChI is InChI=1S/C5H7N2O/c1-7(2)5-6-3-4-8-5/h3H,1-2H3. The van der Waals surface area contributed by atoms with Gasteiger partial charge >= 0.3 is 0 Å². The highest BCUT2D eigenvalue weighted by molar-refractivity contribution is 5.19. The number of anilines is 1. The molecule has 0 fully saturated rings. The molecule has 0 amide bonds. The van der Waals surface area contributed by atoms with Crippen molar-refractivity contribution in [2.75, 3.05) is 19.0 Å². The van der Waals surface area contributed by atoms with Crippen LogP contribution in [0, 0.1) is 6.26 Å². The summed E-state index contributed by atoms with van der Waals surface area (Å²) < 4.78 is 4.78. The van der Waals surface area contributed by atoms with Crippen molar-refractivity contribution < 1.29 is 4.42 Å². The summed E-state index contributed by atoms with van der Waals surface area (Å²) in [4.78, 5) is 5.59. The first-order chi connectivity index (χ1) is 3.80. The fourth-order valence-electron chi connectivity index (χ4n) is 0.394. The van der Waals surface area contributed by atoms with Gasteiger partial charge in [-0.1, -0.05) is 0 Å². The maximum atomic E-state index is 4.78. The summed E-state index contributed by atoms with van der Waals surface area (Å²) in [5.74, 6) is 0. The van der Waals surface area contributed by atoms with Gasteiger partial charge in [0.1, 0.15) is 0 Å². The van der Waals surface area contributed by atoms with Gasteiger partial charge < -0.3 is 9.32 Å². The van der Waals surface area contributed by atoms with Gasteiger partial charge in [0.25, 0.3) is 6.01 Å². The maximum Gasteiger partial charge on any atom is 0.297 e. The van der Waals surface area contributed by atoms with E-state index in [4.69, 9.17) is 4.42 Å². The smallest absolute Gasteiger partial charge is 0.297 e. The Balaban J connectivity index is 2.77. The number of rotatable bonds is 1. The molecule has 0 aromatic carbocycles. The van der Waals surface area contributed by atoms with Crippen LogP contribution in [0.2, 0.25) is 0 Å². The Morgan fingerprint density at radius 3 is 2.75 bits per heavy atom. The Bertz CT molecular complexity index is 145. The summed E-state index contributed by atoms with van der Waals surface area (Å²) in [6.45, 7) is 0. The molecule has 1 aromatic heterocycles. The molecule has 1 rings (SSSR count). The molecule has 0 atom stereocenters. The Hall–Kier alpha value is -0.990. The van der Waals surface area contributed by atoms with E-state index in [9.17, 15) is 0 Å². The molecular formula is C5H7N2O. The fourth-order valence-corrected chi connectivity index (χ4v) is 0.394. The first-order valence-corrected chi connectivity index (χ1v) is 2.30. The number of hydrogen-bond acceptors (Lipinski definition) is 3. The van der Waals surface area contributed by atoms with Crippen molar-refractivity contribution in [3.63, 3.8) is 0 Å². The van der Waals surface area contributed by atoms with Gasteiger partial charge in [0.15, 0.2) is 6.26 Å². The topological polar surface area (TPSA) is 29.3 Å². The van der Waals surface area contributed by atoms with Crippen LogP contribution in [0.15, 0.2) is 10.6 Å². The van der Waals surface area contributed by atoms with E-state index in [-0.39, 0.29) is 0 Å². The number of nitrogens with zero attached hydrogens (tertiary/aromatic N) is 2. The van der Waals surface area contributed by atoms with Crippen LogP contribution >= 0.6 is 0 Å². The first kappa shape index (κ1) is 5.15. The zero-order chi connectivity index (χ0) is 5.98. The van der Waals surface area contributed by atoms with Gasteiger partial charge in [-0.2, -0.15) is 0 Å². The maximum absolute atomic E-state index is 4.78. The molecule has 1 heterocycles. The van der Waals surface area contributed by atoms with E-state index >= 15 is 0 Å². The van der Waals surface area contributed by atoms with Gasteiger partial charge in [0, 0.05) is 14.1 Å². The van der Waals surface area contributed by atoms with Crippen molar-refractivity contribution in [1.82, 2.24) is 4.98 Å². The summed E-state index contributed by atoms with van der Waals surface area (Å²) in [7, 11) is 3.72. The van der Waals surface area contributed by atoms with Gasteiger partial charge in [-0.3, -0.25) is 0 Å². The van der Waals surface area contributed by atoms with Crippen molar-refractivity contribution in [2.45, 2.75) is 0 Å². The van der Waals surface area contributed by atoms with Crippen molar-refractivity contribution in [2.24, 2.45) is 0 Å². The monoisotopic (exact) mass is 111 g/mol. The highest BCUT2D eigenvalue weighted by Gasteiger charge is 1.95. The minimum Gasteiger partial charge on any atom is -0.420 e. The van der Waals surface area contributed by atoms with Crippen molar-refractivity contribution in [1.29, 1.82) is 0 Å². The highest BCUT2D eigenvalue weighted by Crippen LogP contribution is 2.02. The van der Waals surface area contributed by atoms with Crippen LogP contribution in [0.25, 0.3) is 0 Å². The Kier molecular flexibility index (Phi) is 1.20. The van der Waals surface area contributed by atoms with Crippen LogP contribution in [-0.4, -0.2) is 19.1 Å². The van der Waals surface area contributed by atoms with Gasteiger partial charge in [-0.05, 0) is 0 Å². The molecule has 0 aliphatic heterocycles. The molecule has 3 heteroatoms. The number of aromatic nitrogens is 1. The van der Waals surface area contributed by atoms with Gasteiger partial charge in [0.2, 0.25) is 0 Å². The predicted octanol–water partition coefficient (Wildman–Crippen LogP) is 0.541. The lowest BCUT2D eigenvalue weighted by Gasteiger charge is -2.02. The largest absolute Gasteiger partial charge is 0.420 e. The Morgan fingerprint density at radius 2 is 2.50 bits per heavy atom. The Morgan fingerprint density at radius 1 is 1.75 bits per heavy atom. The molecule has 8 heavy (non-hydrogen) atoms. The van der Waals surface area contributed by atoms with E-state index < -0.39 is 0 Å². The molecule has 0 bridgehead atoms. The third kappa shape index (κ3) is 0.804. The number of oxazole rings is 1. The summed E-state index contributed by atoms with van der Waals surface area (Å²) in [5.41, 5.74) is 0. The van der Waals surface area contributed by atoms with Crippen LogP contribution < -0.4 is 4.90 Å². The second-order valence-electron chi connectivity index (χ2n) is 1.66. The van der Waals surface area contributed by atoms with E-state index in [0.29, 0.717) is 6.01 Å². The van der Waals surface area contributed by atoms with Gasteiger partial charge in [-0.25, -0.2) is 4.98 Å². The van der Waals surface area contributed by atoms with Crippen molar-refractivity contribution in [3.05, 3.63) is 12.5 Å². The molecule has 0 unspecified atom stereocenters. The average Bonchev–Trinajstić information content (AvgIpc) is 2.12. The van der Waals surface area contributed by atoms with Gasteiger partial charge in [-0.15, -0.1) is 0 Å². The first-order valence-electron chi connectivity index (χ1n) is 2.30. The lowest BCUT2D eigenvalue weighted by atomic mass is 10.9. The molecule has 0 saturated carbocycles. The van der Waals surface area contributed by atoms with E-state index in [2.05, 4.69) is 11.2 Å². The third-order valence-corrected chi connectivity index (χ3v) is 0.760. The summed E-state index contributed by atoms with van der Waals surface area (Å²) in [6, 6.07) is 0.588. The molecule has 0 spiro atoms. The zero-order valence-electron chi connectivity index (χ0n) is 4.88. The minimum atomic E-state index is 0.588. The fraction of sp³-hybridized carbons (Fsp3) is 0.400. The molecule has 1 radical (unpaired) electrons. The summed E-state index contributed by atoms with van der Waals surface area (Å²) in [5, 5.41) is 0. The van der Waals surface area contributed by atoms with Crippen molar-refractivity contribution in [3.8, 4) is 0 Å². The third-order valence-electron chi connectivity index (χ3n) is 0.760. The predicted molar refractivity (Wildman–Crippen MR) is 29.7 cm³/mol. The van der Waals surface area contributed by atoms with E-state index in [0.717, 1.165) is 0 Å². The molecule has 3 nitrogen and oxygen atoms in total. The summed E-state index contributed by atoms with van der Waals surface area (Å²) in [6.07, 6.45) is 3.98. The highest BCUT2D eigenvalue weighted by atomic mass is 16.4. The lowest BCUT2D eigenvalue weighted by Crippen LogP contribution is -2.08. The van der Waals surface area contributed by atoms with Gasteiger partial charge in [0.05, 0.1) is 6.20 Å². The van der Waals surface area contributed by atoms with Crippen LogP contribution in [-0.2, 0) is 0 Å². The average molecular weight is 111 g/mol. The van der Waals surface area contributed by atoms with E-state index in [1.54, 1.807) is 4.90 Å². The van der Waals surface area contributed by atoms with E-state index in [1.165, 1.54) is 6.20 Å². The molecule has 0 aliphatic carbocycles. The zero-order valence-corrected chi connectivity index (χ0v) is 4.88. The lowest BCUT2D eigenvalue weighted by molar-refractivity contribution is 0.548. The Labute approximate surface area is 47.9 Å². The molecule has 0 saturated heterocycles. The van der Waals surface area contributed by atoms with Crippen LogP contribution in [0.5, 0.6) is 0 Å². The quantitative estimate of drug-likeness (QED) is 0.529. The van der Waals surface area contributed by atoms with Crippen molar-refractivity contribution >= 4 is 6.01 Å². The number of hydrogen-bond donors (Lipinski definition) is 0. The molecule has 0 aliphatic rings. The van der Waals surface area contributed by atoms with E-state index in [1.807, 2.05) is 14.1 Å². The normalized spacial score (nSPS) is 9.25.